The molecule has 2 aromatic rings. The lowest BCUT2D eigenvalue weighted by atomic mass is 9.98. The first-order valence-corrected chi connectivity index (χ1v) is 9.42. The molecule has 150 valence electrons. The van der Waals surface area contributed by atoms with Crippen LogP contribution in [0.5, 0.6) is 11.5 Å². The summed E-state index contributed by atoms with van der Waals surface area (Å²) in [5.74, 6) is 2.73. The van der Waals surface area contributed by atoms with Gasteiger partial charge in [0.15, 0.2) is 17.3 Å². The molecule has 0 saturated carbocycles. The molecule has 0 unspecified atom stereocenters. The molecule has 3 heterocycles. The summed E-state index contributed by atoms with van der Waals surface area (Å²) in [4.78, 5) is 19.1. The van der Waals surface area contributed by atoms with Gasteiger partial charge in [0, 0.05) is 25.8 Å². The summed E-state index contributed by atoms with van der Waals surface area (Å²) in [7, 11) is 1.59. The number of piperidine rings is 1. The van der Waals surface area contributed by atoms with Gasteiger partial charge in [-0.3, -0.25) is 9.69 Å². The maximum Gasteiger partial charge on any atom is 0.252 e. The number of carbonyl (C=O) groups is 1. The first kappa shape index (κ1) is 18.7. The standard InChI is InChI=1S/C19H24N4O5/c1-25-11-18-21-17(22-28-18)10-23-6-2-3-13(9-23)8-20-19(24)14-4-5-15-16(7-14)27-12-26-15/h4-5,7,13H,2-3,6,8-12H2,1H3,(H,20,24)/t13-/m0/s1. The van der Waals surface area contributed by atoms with E-state index in [1.54, 1.807) is 25.3 Å². The molecule has 0 radical (unpaired) electrons. The average molecular weight is 388 g/mol. The number of likely N-dealkylation sites (tertiary alicyclic amines) is 1. The van der Waals surface area contributed by atoms with E-state index in [1.165, 1.54) is 0 Å². The lowest BCUT2D eigenvalue weighted by Crippen LogP contribution is -2.40. The van der Waals surface area contributed by atoms with Gasteiger partial charge < -0.3 is 24.1 Å². The zero-order valence-corrected chi connectivity index (χ0v) is 15.8. The minimum Gasteiger partial charge on any atom is -0.454 e. The van der Waals surface area contributed by atoms with Gasteiger partial charge in [-0.05, 0) is 43.5 Å². The summed E-state index contributed by atoms with van der Waals surface area (Å²) in [6.07, 6.45) is 2.16. The third-order valence-corrected chi connectivity index (χ3v) is 4.93. The molecule has 1 aromatic heterocycles. The summed E-state index contributed by atoms with van der Waals surface area (Å²) in [6, 6.07) is 5.24. The van der Waals surface area contributed by atoms with E-state index in [2.05, 4.69) is 20.4 Å². The zero-order valence-electron chi connectivity index (χ0n) is 15.8. The number of carbonyl (C=O) groups excluding carboxylic acids is 1. The van der Waals surface area contributed by atoms with E-state index in [4.69, 9.17) is 18.7 Å². The van der Waals surface area contributed by atoms with Crippen molar-refractivity contribution in [2.75, 3.05) is 33.5 Å². The highest BCUT2D eigenvalue weighted by molar-refractivity contribution is 5.94. The monoisotopic (exact) mass is 388 g/mol. The van der Waals surface area contributed by atoms with Crippen molar-refractivity contribution < 1.29 is 23.5 Å². The number of amides is 1. The Bertz CT molecular complexity index is 824. The number of aromatic nitrogens is 2. The van der Waals surface area contributed by atoms with Crippen LogP contribution < -0.4 is 14.8 Å². The maximum absolute atomic E-state index is 12.5. The molecule has 2 aliphatic rings. The van der Waals surface area contributed by atoms with E-state index in [0.717, 1.165) is 25.9 Å². The Morgan fingerprint density at radius 1 is 1.36 bits per heavy atom. The van der Waals surface area contributed by atoms with Gasteiger partial charge in [-0.15, -0.1) is 0 Å². The zero-order chi connectivity index (χ0) is 19.3. The van der Waals surface area contributed by atoms with Gasteiger partial charge in [0.05, 0.1) is 6.54 Å². The molecule has 2 aliphatic heterocycles. The largest absolute Gasteiger partial charge is 0.454 e. The number of ether oxygens (including phenoxy) is 3. The molecule has 9 heteroatoms. The van der Waals surface area contributed by atoms with E-state index < -0.39 is 0 Å². The molecule has 0 aliphatic carbocycles. The van der Waals surface area contributed by atoms with Crippen molar-refractivity contribution >= 4 is 5.91 Å². The van der Waals surface area contributed by atoms with Crippen molar-refractivity contribution in [3.8, 4) is 11.5 Å². The quantitative estimate of drug-likeness (QED) is 0.763. The molecular formula is C19H24N4O5. The predicted octanol–water partition coefficient (Wildman–Crippen LogP) is 1.59. The van der Waals surface area contributed by atoms with Crippen LogP contribution in [0.4, 0.5) is 0 Å². The van der Waals surface area contributed by atoms with Crippen molar-refractivity contribution in [1.29, 1.82) is 0 Å². The average Bonchev–Trinajstić information content (AvgIpc) is 3.35. The van der Waals surface area contributed by atoms with E-state index in [0.29, 0.717) is 54.4 Å². The van der Waals surface area contributed by atoms with E-state index in [9.17, 15) is 4.79 Å². The lowest BCUT2D eigenvalue weighted by molar-refractivity contribution is 0.0929. The van der Waals surface area contributed by atoms with Crippen LogP contribution in [0.15, 0.2) is 22.7 Å². The van der Waals surface area contributed by atoms with Gasteiger partial charge in [-0.25, -0.2) is 0 Å². The highest BCUT2D eigenvalue weighted by Gasteiger charge is 2.23. The molecule has 1 fully saturated rings. The summed E-state index contributed by atoms with van der Waals surface area (Å²) in [5.41, 5.74) is 0.578. The second kappa shape index (κ2) is 8.57. The van der Waals surface area contributed by atoms with Crippen molar-refractivity contribution in [3.63, 3.8) is 0 Å². The van der Waals surface area contributed by atoms with Crippen LogP contribution in [-0.4, -0.2) is 54.5 Å². The normalized spacial score (nSPS) is 19.0. The third-order valence-electron chi connectivity index (χ3n) is 4.93. The molecule has 1 saturated heterocycles. The van der Waals surface area contributed by atoms with Crippen molar-refractivity contribution in [3.05, 3.63) is 35.5 Å². The van der Waals surface area contributed by atoms with Crippen LogP contribution in [-0.2, 0) is 17.9 Å². The van der Waals surface area contributed by atoms with Gasteiger partial charge >= 0.3 is 0 Å². The molecule has 1 aromatic carbocycles. The molecule has 0 bridgehead atoms. The number of hydrogen-bond acceptors (Lipinski definition) is 8. The number of methoxy groups -OCH3 is 1. The Hall–Kier alpha value is -2.65. The first-order valence-electron chi connectivity index (χ1n) is 9.42. The van der Waals surface area contributed by atoms with Crippen LogP contribution in [0, 0.1) is 5.92 Å². The summed E-state index contributed by atoms with van der Waals surface area (Å²) < 4.78 is 20.8. The SMILES string of the molecule is COCc1nc(CN2CCC[C@@H](CNC(=O)c3ccc4c(c3)OCO4)C2)no1. The van der Waals surface area contributed by atoms with Crippen LogP contribution >= 0.6 is 0 Å². The van der Waals surface area contributed by atoms with E-state index >= 15 is 0 Å². The van der Waals surface area contributed by atoms with Crippen LogP contribution in [0.3, 0.4) is 0 Å². The van der Waals surface area contributed by atoms with Crippen molar-refractivity contribution in [2.45, 2.75) is 26.0 Å². The minimum atomic E-state index is -0.0993. The smallest absolute Gasteiger partial charge is 0.252 e. The summed E-state index contributed by atoms with van der Waals surface area (Å²) >= 11 is 0. The van der Waals surface area contributed by atoms with Crippen LogP contribution in [0.25, 0.3) is 0 Å². The Labute approximate surface area is 162 Å². The molecule has 1 amide bonds. The Morgan fingerprint density at radius 3 is 3.14 bits per heavy atom. The summed E-state index contributed by atoms with van der Waals surface area (Å²) in [5, 5.41) is 7.03. The minimum absolute atomic E-state index is 0.0993. The fraction of sp³-hybridized carbons (Fsp3) is 0.526. The van der Waals surface area contributed by atoms with Gasteiger partial charge in [0.2, 0.25) is 6.79 Å². The number of benzene rings is 1. The number of nitrogens with one attached hydrogen (secondary N) is 1. The van der Waals surface area contributed by atoms with Crippen molar-refractivity contribution in [2.24, 2.45) is 5.92 Å². The number of rotatable bonds is 7. The molecule has 28 heavy (non-hydrogen) atoms. The second-order valence-corrected chi connectivity index (χ2v) is 7.06. The fourth-order valence-corrected chi connectivity index (χ4v) is 3.57. The topological polar surface area (TPSA) is 99.0 Å². The van der Waals surface area contributed by atoms with Gasteiger partial charge in [-0.1, -0.05) is 5.16 Å². The second-order valence-electron chi connectivity index (χ2n) is 7.06. The fourth-order valence-electron chi connectivity index (χ4n) is 3.57. The van der Waals surface area contributed by atoms with Gasteiger partial charge in [0.25, 0.3) is 11.8 Å². The van der Waals surface area contributed by atoms with Crippen molar-refractivity contribution in [1.82, 2.24) is 20.4 Å². The van der Waals surface area contributed by atoms with Crippen LogP contribution in [0.2, 0.25) is 0 Å². The maximum atomic E-state index is 12.5. The summed E-state index contributed by atoms with van der Waals surface area (Å²) in [6.45, 7) is 3.66. The third kappa shape index (κ3) is 4.42. The highest BCUT2D eigenvalue weighted by Crippen LogP contribution is 2.32. The first-order chi connectivity index (χ1) is 13.7. The number of fused-ring (bicyclic) bond motifs is 1. The Balaban J connectivity index is 1.27. The van der Waals surface area contributed by atoms with Gasteiger partial charge in [0.1, 0.15) is 6.61 Å². The van der Waals surface area contributed by atoms with E-state index in [-0.39, 0.29) is 12.7 Å². The Morgan fingerprint density at radius 2 is 2.25 bits per heavy atom. The van der Waals surface area contributed by atoms with Gasteiger partial charge in [-0.2, -0.15) is 4.98 Å². The lowest BCUT2D eigenvalue weighted by Gasteiger charge is -2.31. The van der Waals surface area contributed by atoms with Crippen LogP contribution in [0.1, 0.15) is 34.9 Å². The molecule has 1 N–H and O–H groups in total. The highest BCUT2D eigenvalue weighted by atomic mass is 16.7. The molecule has 1 atom stereocenters. The molecule has 4 rings (SSSR count). The number of nitrogens with zero attached hydrogens (tertiary/aromatic N) is 3. The molecular weight excluding hydrogens is 364 g/mol. The molecule has 9 nitrogen and oxygen atoms in total. The Kier molecular flexibility index (Phi) is 5.73. The van der Waals surface area contributed by atoms with E-state index in [1.807, 2.05) is 0 Å². The number of hydrogen-bond donors (Lipinski definition) is 1. The molecule has 0 spiro atoms. The predicted molar refractivity (Wildman–Crippen MR) is 97.9 cm³/mol.